The molecule has 0 spiro atoms. The van der Waals surface area contributed by atoms with Crippen LogP contribution in [0.1, 0.15) is 16.8 Å². The van der Waals surface area contributed by atoms with Crippen LogP contribution in [0.15, 0.2) is 41.4 Å². The molecule has 0 aliphatic carbocycles. The van der Waals surface area contributed by atoms with Gasteiger partial charge in [-0.15, -0.1) is 11.8 Å². The molecular weight excluding hydrogens is 250 g/mol. The number of hydrogen-bond donors (Lipinski definition) is 0. The number of thioether (sulfide) groups is 1. The Bertz CT molecular complexity index is 525. The van der Waals surface area contributed by atoms with Gasteiger partial charge in [-0.3, -0.25) is 4.98 Å². The molecule has 0 N–H and O–H groups in total. The van der Waals surface area contributed by atoms with Crippen molar-refractivity contribution in [2.24, 2.45) is 0 Å². The first kappa shape index (κ1) is 12.5. The van der Waals surface area contributed by atoms with Gasteiger partial charge in [-0.1, -0.05) is 29.3 Å². The molecule has 0 aliphatic rings. The van der Waals surface area contributed by atoms with Gasteiger partial charge in [0, 0.05) is 21.9 Å². The van der Waals surface area contributed by atoms with E-state index in [0.717, 1.165) is 16.5 Å². The zero-order chi connectivity index (χ0) is 12.3. The summed E-state index contributed by atoms with van der Waals surface area (Å²) in [5, 5.41) is 0.747. The number of hydrogen-bond acceptors (Lipinski definition) is 2. The topological polar surface area (TPSA) is 12.9 Å². The average molecular weight is 264 g/mol. The molecule has 0 amide bonds. The second-order valence-corrected chi connectivity index (χ2v) is 5.48. The van der Waals surface area contributed by atoms with Crippen molar-refractivity contribution in [1.82, 2.24) is 4.98 Å². The van der Waals surface area contributed by atoms with Crippen LogP contribution in [0, 0.1) is 13.8 Å². The summed E-state index contributed by atoms with van der Waals surface area (Å²) in [5.74, 6) is 0.852. The summed E-state index contributed by atoms with van der Waals surface area (Å²) in [6.07, 6.45) is 1.75. The van der Waals surface area contributed by atoms with Gasteiger partial charge < -0.3 is 0 Å². The van der Waals surface area contributed by atoms with Gasteiger partial charge in [0.1, 0.15) is 0 Å². The fourth-order valence-corrected chi connectivity index (χ4v) is 2.74. The zero-order valence-corrected chi connectivity index (χ0v) is 11.5. The molecule has 0 saturated carbocycles. The number of aromatic nitrogens is 1. The monoisotopic (exact) mass is 263 g/mol. The molecule has 3 heteroatoms. The molecule has 0 atom stereocenters. The minimum atomic E-state index is 0.747. The molecule has 1 aromatic heterocycles. The Kier molecular flexibility index (Phi) is 4.08. The number of benzene rings is 1. The van der Waals surface area contributed by atoms with Crippen molar-refractivity contribution in [1.29, 1.82) is 0 Å². The van der Waals surface area contributed by atoms with Crippen molar-refractivity contribution in [2.75, 3.05) is 0 Å². The molecule has 1 aromatic carbocycles. The maximum absolute atomic E-state index is 5.93. The predicted octanol–water partition coefficient (Wildman–Crippen LogP) is 4.64. The minimum absolute atomic E-state index is 0.747. The smallest absolute Gasteiger partial charge is 0.0521 e. The van der Waals surface area contributed by atoms with Gasteiger partial charge in [-0.2, -0.15) is 0 Å². The summed E-state index contributed by atoms with van der Waals surface area (Å²) in [6.45, 7) is 4.25. The quantitative estimate of drug-likeness (QED) is 0.748. The highest BCUT2D eigenvalue weighted by atomic mass is 35.5. The molecule has 17 heavy (non-hydrogen) atoms. The van der Waals surface area contributed by atoms with E-state index >= 15 is 0 Å². The van der Waals surface area contributed by atoms with Crippen LogP contribution >= 0.6 is 23.4 Å². The average Bonchev–Trinajstić information content (AvgIpc) is 2.28. The van der Waals surface area contributed by atoms with Crippen molar-refractivity contribution in [3.05, 3.63) is 58.4 Å². The lowest BCUT2D eigenvalue weighted by Gasteiger charge is -2.06. The van der Waals surface area contributed by atoms with E-state index in [1.807, 2.05) is 6.07 Å². The molecule has 0 bridgehead atoms. The SMILES string of the molecule is Cc1ccc(SCc2cc(Cl)ccn2)c(C)c1. The van der Waals surface area contributed by atoms with E-state index in [2.05, 4.69) is 37.0 Å². The van der Waals surface area contributed by atoms with Gasteiger partial charge in [-0.05, 0) is 37.6 Å². The third kappa shape index (κ3) is 3.48. The molecule has 0 fully saturated rings. The summed E-state index contributed by atoms with van der Waals surface area (Å²) in [7, 11) is 0. The fourth-order valence-electron chi connectivity index (χ4n) is 1.64. The highest BCUT2D eigenvalue weighted by Crippen LogP contribution is 2.26. The van der Waals surface area contributed by atoms with E-state index in [1.54, 1.807) is 24.0 Å². The normalized spacial score (nSPS) is 10.5. The van der Waals surface area contributed by atoms with Crippen molar-refractivity contribution in [2.45, 2.75) is 24.5 Å². The van der Waals surface area contributed by atoms with E-state index in [1.165, 1.54) is 16.0 Å². The summed E-state index contributed by atoms with van der Waals surface area (Å²) < 4.78 is 0. The van der Waals surface area contributed by atoms with Crippen LogP contribution in [0.2, 0.25) is 5.02 Å². The van der Waals surface area contributed by atoms with E-state index in [-0.39, 0.29) is 0 Å². The van der Waals surface area contributed by atoms with Crippen LogP contribution in [-0.4, -0.2) is 4.98 Å². The van der Waals surface area contributed by atoms with Crippen molar-refractivity contribution in [3.8, 4) is 0 Å². The number of pyridine rings is 1. The summed E-state index contributed by atoms with van der Waals surface area (Å²) in [4.78, 5) is 5.60. The molecule has 2 aromatic rings. The lowest BCUT2D eigenvalue weighted by Crippen LogP contribution is -1.87. The second-order valence-electron chi connectivity index (χ2n) is 4.02. The van der Waals surface area contributed by atoms with Crippen molar-refractivity contribution < 1.29 is 0 Å². The zero-order valence-electron chi connectivity index (χ0n) is 9.90. The highest BCUT2D eigenvalue weighted by Gasteiger charge is 2.01. The molecule has 88 valence electrons. The highest BCUT2D eigenvalue weighted by molar-refractivity contribution is 7.98. The molecular formula is C14H14ClNS. The Morgan fingerprint density at radius 3 is 2.71 bits per heavy atom. The summed E-state index contributed by atoms with van der Waals surface area (Å²) in [6, 6.07) is 10.2. The lowest BCUT2D eigenvalue weighted by molar-refractivity contribution is 1.17. The largest absolute Gasteiger partial charge is 0.260 e. The van der Waals surface area contributed by atoms with Crippen LogP contribution in [0.5, 0.6) is 0 Å². The Balaban J connectivity index is 2.07. The molecule has 0 unspecified atom stereocenters. The first-order valence-electron chi connectivity index (χ1n) is 5.45. The fraction of sp³-hybridized carbons (Fsp3) is 0.214. The molecule has 1 nitrogen and oxygen atoms in total. The number of nitrogens with zero attached hydrogens (tertiary/aromatic N) is 1. The van der Waals surface area contributed by atoms with Gasteiger partial charge in [0.25, 0.3) is 0 Å². The molecule has 0 radical (unpaired) electrons. The van der Waals surface area contributed by atoms with Gasteiger partial charge in [-0.25, -0.2) is 0 Å². The second kappa shape index (κ2) is 5.56. The minimum Gasteiger partial charge on any atom is -0.260 e. The van der Waals surface area contributed by atoms with Gasteiger partial charge in [0.15, 0.2) is 0 Å². The number of rotatable bonds is 3. The molecule has 1 heterocycles. The Hall–Kier alpha value is -0.990. The Morgan fingerprint density at radius 1 is 1.18 bits per heavy atom. The van der Waals surface area contributed by atoms with Crippen molar-refractivity contribution in [3.63, 3.8) is 0 Å². The summed E-state index contributed by atoms with van der Waals surface area (Å²) >= 11 is 7.73. The third-order valence-electron chi connectivity index (χ3n) is 2.48. The van der Waals surface area contributed by atoms with Crippen LogP contribution in [0.25, 0.3) is 0 Å². The van der Waals surface area contributed by atoms with Gasteiger partial charge in [0.2, 0.25) is 0 Å². The van der Waals surface area contributed by atoms with Crippen molar-refractivity contribution >= 4 is 23.4 Å². The predicted molar refractivity (Wildman–Crippen MR) is 74.7 cm³/mol. The molecule has 2 rings (SSSR count). The Labute approximate surface area is 111 Å². The van der Waals surface area contributed by atoms with Crippen LogP contribution in [0.4, 0.5) is 0 Å². The third-order valence-corrected chi connectivity index (χ3v) is 3.93. The van der Waals surface area contributed by atoms with Gasteiger partial charge in [0.05, 0.1) is 5.69 Å². The van der Waals surface area contributed by atoms with Crippen LogP contribution < -0.4 is 0 Å². The maximum Gasteiger partial charge on any atom is 0.0521 e. The standard InChI is InChI=1S/C14H14ClNS/c1-10-3-4-14(11(2)7-10)17-9-13-8-12(15)5-6-16-13/h3-8H,9H2,1-2H3. The van der Waals surface area contributed by atoms with Crippen LogP contribution in [0.3, 0.4) is 0 Å². The summed E-state index contributed by atoms with van der Waals surface area (Å²) in [5.41, 5.74) is 3.63. The maximum atomic E-state index is 5.93. The van der Waals surface area contributed by atoms with E-state index in [0.29, 0.717) is 0 Å². The van der Waals surface area contributed by atoms with E-state index < -0.39 is 0 Å². The first-order valence-corrected chi connectivity index (χ1v) is 6.82. The number of halogens is 1. The lowest BCUT2D eigenvalue weighted by atomic mass is 10.2. The molecule has 0 aliphatic heterocycles. The van der Waals surface area contributed by atoms with E-state index in [9.17, 15) is 0 Å². The van der Waals surface area contributed by atoms with Gasteiger partial charge >= 0.3 is 0 Å². The number of aryl methyl sites for hydroxylation is 2. The first-order chi connectivity index (χ1) is 8.15. The molecule has 0 saturated heterocycles. The van der Waals surface area contributed by atoms with Crippen LogP contribution in [-0.2, 0) is 5.75 Å². The van der Waals surface area contributed by atoms with E-state index in [4.69, 9.17) is 11.6 Å². The Morgan fingerprint density at radius 2 is 2.00 bits per heavy atom.